The van der Waals surface area contributed by atoms with Crippen molar-refractivity contribution in [2.24, 2.45) is 11.8 Å². The summed E-state index contributed by atoms with van der Waals surface area (Å²) >= 11 is 0. The smallest absolute Gasteiger partial charge is 0.258 e. The fourth-order valence-corrected chi connectivity index (χ4v) is 3.50. The predicted molar refractivity (Wildman–Crippen MR) is 93.6 cm³/mol. The van der Waals surface area contributed by atoms with Crippen LogP contribution in [0.5, 0.6) is 5.75 Å². The van der Waals surface area contributed by atoms with Crippen molar-refractivity contribution in [3.63, 3.8) is 0 Å². The third kappa shape index (κ3) is 3.66. The molecule has 1 N–H and O–H groups in total. The first-order valence-corrected chi connectivity index (χ1v) is 8.55. The molecule has 0 saturated heterocycles. The molecular formula is C20H25NO2. The van der Waals surface area contributed by atoms with Gasteiger partial charge in [-0.1, -0.05) is 63.1 Å². The number of ether oxygens (including phenoxy) is 1. The summed E-state index contributed by atoms with van der Waals surface area (Å²) in [4.78, 5) is 12.2. The Bertz CT molecular complexity index is 677. The van der Waals surface area contributed by atoms with Crippen LogP contribution in [-0.4, -0.2) is 18.6 Å². The number of hydrogen-bond donors (Lipinski definition) is 1. The van der Waals surface area contributed by atoms with Crippen LogP contribution >= 0.6 is 0 Å². The van der Waals surface area contributed by atoms with Gasteiger partial charge in [-0.25, -0.2) is 0 Å². The van der Waals surface area contributed by atoms with Crippen molar-refractivity contribution in [2.75, 3.05) is 6.61 Å². The molecule has 1 fully saturated rings. The molecule has 1 aliphatic carbocycles. The van der Waals surface area contributed by atoms with E-state index >= 15 is 0 Å². The van der Waals surface area contributed by atoms with Gasteiger partial charge in [0.1, 0.15) is 5.75 Å². The lowest BCUT2D eigenvalue weighted by Crippen LogP contribution is -2.45. The molecular weight excluding hydrogens is 286 g/mol. The quantitative estimate of drug-likeness (QED) is 0.920. The van der Waals surface area contributed by atoms with Crippen LogP contribution in [0.4, 0.5) is 0 Å². The molecule has 0 radical (unpaired) electrons. The van der Waals surface area contributed by atoms with E-state index in [9.17, 15) is 4.79 Å². The molecule has 3 nitrogen and oxygen atoms in total. The summed E-state index contributed by atoms with van der Waals surface area (Å²) in [6.07, 6.45) is 3.53. The molecule has 3 heteroatoms. The topological polar surface area (TPSA) is 38.3 Å². The highest BCUT2D eigenvalue weighted by Gasteiger charge is 2.28. The van der Waals surface area contributed by atoms with E-state index in [1.54, 1.807) is 0 Å². The van der Waals surface area contributed by atoms with Crippen LogP contribution in [-0.2, 0) is 4.79 Å². The van der Waals surface area contributed by atoms with E-state index in [2.05, 4.69) is 19.2 Å². The maximum absolute atomic E-state index is 12.2. The summed E-state index contributed by atoms with van der Waals surface area (Å²) in [7, 11) is 0. The molecule has 0 bridgehead atoms. The Hall–Kier alpha value is -2.03. The Balaban J connectivity index is 1.60. The zero-order chi connectivity index (χ0) is 16.2. The van der Waals surface area contributed by atoms with Crippen LogP contribution < -0.4 is 10.1 Å². The van der Waals surface area contributed by atoms with Crippen molar-refractivity contribution >= 4 is 16.7 Å². The zero-order valence-corrected chi connectivity index (χ0v) is 13.9. The number of amides is 1. The summed E-state index contributed by atoms with van der Waals surface area (Å²) in [5.41, 5.74) is 0. The molecule has 3 rings (SSSR count). The Morgan fingerprint density at radius 3 is 2.78 bits per heavy atom. The van der Waals surface area contributed by atoms with Crippen molar-refractivity contribution in [1.29, 1.82) is 0 Å². The minimum atomic E-state index is -0.0242. The maximum Gasteiger partial charge on any atom is 0.258 e. The second-order valence-electron chi connectivity index (χ2n) is 6.71. The monoisotopic (exact) mass is 311 g/mol. The molecule has 2 aromatic carbocycles. The largest absolute Gasteiger partial charge is 0.483 e. The van der Waals surface area contributed by atoms with Crippen LogP contribution in [0.25, 0.3) is 10.8 Å². The Labute approximate surface area is 138 Å². The highest BCUT2D eigenvalue weighted by atomic mass is 16.5. The van der Waals surface area contributed by atoms with E-state index in [4.69, 9.17) is 4.74 Å². The Morgan fingerprint density at radius 2 is 1.91 bits per heavy atom. The summed E-state index contributed by atoms with van der Waals surface area (Å²) in [6.45, 7) is 4.58. The van der Waals surface area contributed by atoms with Crippen molar-refractivity contribution in [1.82, 2.24) is 5.32 Å². The predicted octanol–water partition coefficient (Wildman–Crippen LogP) is 4.16. The molecule has 1 amide bonds. The highest BCUT2D eigenvalue weighted by molar-refractivity contribution is 5.88. The number of rotatable bonds is 4. The number of nitrogens with one attached hydrogen (secondary N) is 1. The van der Waals surface area contributed by atoms with Crippen molar-refractivity contribution in [2.45, 2.75) is 39.2 Å². The van der Waals surface area contributed by atoms with Gasteiger partial charge < -0.3 is 10.1 Å². The zero-order valence-electron chi connectivity index (χ0n) is 13.9. The molecule has 0 spiro atoms. The average molecular weight is 311 g/mol. The number of fused-ring (bicyclic) bond motifs is 1. The minimum Gasteiger partial charge on any atom is -0.483 e. The summed E-state index contributed by atoms with van der Waals surface area (Å²) in [5.74, 6) is 1.95. The Morgan fingerprint density at radius 1 is 1.13 bits per heavy atom. The van der Waals surface area contributed by atoms with Crippen LogP contribution in [0.15, 0.2) is 42.5 Å². The maximum atomic E-state index is 12.2. The number of benzene rings is 2. The first-order chi connectivity index (χ1) is 11.1. The number of carbonyl (C=O) groups is 1. The van der Waals surface area contributed by atoms with E-state index in [1.165, 1.54) is 12.8 Å². The molecule has 3 atom stereocenters. The Kier molecular flexibility index (Phi) is 4.85. The third-order valence-electron chi connectivity index (χ3n) is 5.16. The molecule has 0 unspecified atom stereocenters. The molecule has 0 aromatic heterocycles. The molecule has 1 saturated carbocycles. The van der Waals surface area contributed by atoms with Gasteiger partial charge in [-0.05, 0) is 29.7 Å². The number of hydrogen-bond acceptors (Lipinski definition) is 2. The lowest BCUT2D eigenvalue weighted by atomic mass is 9.78. The van der Waals surface area contributed by atoms with Crippen LogP contribution in [0.3, 0.4) is 0 Å². The van der Waals surface area contributed by atoms with E-state index < -0.39 is 0 Å². The fraction of sp³-hybridized carbons (Fsp3) is 0.450. The lowest BCUT2D eigenvalue weighted by Gasteiger charge is -2.34. The van der Waals surface area contributed by atoms with Gasteiger partial charge in [0.2, 0.25) is 0 Å². The van der Waals surface area contributed by atoms with Crippen molar-refractivity contribution in [3.05, 3.63) is 42.5 Å². The summed E-state index contributed by atoms with van der Waals surface area (Å²) < 4.78 is 5.77. The third-order valence-corrected chi connectivity index (χ3v) is 5.16. The van der Waals surface area contributed by atoms with E-state index in [0.29, 0.717) is 11.8 Å². The van der Waals surface area contributed by atoms with Gasteiger partial charge in [-0.2, -0.15) is 0 Å². The second kappa shape index (κ2) is 7.03. The first kappa shape index (κ1) is 15.9. The van der Waals surface area contributed by atoms with E-state index in [-0.39, 0.29) is 18.6 Å². The van der Waals surface area contributed by atoms with Gasteiger partial charge in [-0.3, -0.25) is 4.79 Å². The standard InChI is InChI=1S/C20H25NO2/c1-14-7-5-11-18(15(14)2)21-20(22)13-23-19-12-6-9-16-8-3-4-10-17(16)19/h3-4,6,8-10,12,14-15,18H,5,7,11,13H2,1-2H3,(H,21,22)/t14-,15+,18-/m0/s1. The fourth-order valence-electron chi connectivity index (χ4n) is 3.50. The first-order valence-electron chi connectivity index (χ1n) is 8.55. The van der Waals surface area contributed by atoms with Crippen LogP contribution in [0.1, 0.15) is 33.1 Å². The van der Waals surface area contributed by atoms with Gasteiger partial charge >= 0.3 is 0 Å². The van der Waals surface area contributed by atoms with E-state index in [0.717, 1.165) is 22.9 Å². The molecule has 23 heavy (non-hydrogen) atoms. The molecule has 2 aromatic rings. The van der Waals surface area contributed by atoms with E-state index in [1.807, 2.05) is 42.5 Å². The average Bonchev–Trinajstić information content (AvgIpc) is 2.57. The van der Waals surface area contributed by atoms with Crippen LogP contribution in [0.2, 0.25) is 0 Å². The molecule has 1 aliphatic rings. The number of carbonyl (C=O) groups excluding carboxylic acids is 1. The highest BCUT2D eigenvalue weighted by Crippen LogP contribution is 2.29. The van der Waals surface area contributed by atoms with Crippen molar-refractivity contribution in [3.8, 4) is 5.75 Å². The minimum absolute atomic E-state index is 0.0242. The van der Waals surface area contributed by atoms with Gasteiger partial charge in [-0.15, -0.1) is 0 Å². The van der Waals surface area contributed by atoms with Crippen molar-refractivity contribution < 1.29 is 9.53 Å². The molecule has 0 aliphatic heterocycles. The molecule has 122 valence electrons. The second-order valence-corrected chi connectivity index (χ2v) is 6.71. The lowest BCUT2D eigenvalue weighted by molar-refractivity contribution is -0.124. The SMILES string of the molecule is C[C@H]1[C@@H](NC(=O)COc2cccc3ccccc23)CCC[C@@H]1C. The van der Waals surface area contributed by atoms with Gasteiger partial charge in [0.25, 0.3) is 5.91 Å². The normalized spacial score (nSPS) is 24.3. The molecule has 0 heterocycles. The summed E-state index contributed by atoms with van der Waals surface area (Å²) in [6, 6.07) is 14.3. The van der Waals surface area contributed by atoms with Gasteiger partial charge in [0.05, 0.1) is 0 Å². The summed E-state index contributed by atoms with van der Waals surface area (Å²) in [5, 5.41) is 5.32. The van der Waals surface area contributed by atoms with Crippen LogP contribution in [0, 0.1) is 11.8 Å². The van der Waals surface area contributed by atoms with Gasteiger partial charge in [0, 0.05) is 11.4 Å². The van der Waals surface area contributed by atoms with Gasteiger partial charge in [0.15, 0.2) is 6.61 Å².